The van der Waals surface area contributed by atoms with Crippen LogP contribution in [0.1, 0.15) is 42.8 Å². The van der Waals surface area contributed by atoms with Gasteiger partial charge in [0.1, 0.15) is 6.07 Å². The Hall–Kier alpha value is -3.34. The second-order valence-electron chi connectivity index (χ2n) is 6.66. The van der Waals surface area contributed by atoms with Crippen LogP contribution in [-0.4, -0.2) is 22.8 Å². The Morgan fingerprint density at radius 3 is 2.85 bits per heavy atom. The molecule has 0 atom stereocenters. The van der Waals surface area contributed by atoms with Crippen LogP contribution in [0.25, 0.3) is 0 Å². The third kappa shape index (κ3) is 3.49. The van der Waals surface area contributed by atoms with Gasteiger partial charge in [0.05, 0.1) is 11.2 Å². The van der Waals surface area contributed by atoms with Crippen molar-refractivity contribution < 1.29 is 14.3 Å². The van der Waals surface area contributed by atoms with E-state index >= 15 is 0 Å². The van der Waals surface area contributed by atoms with Crippen LogP contribution in [0.3, 0.4) is 0 Å². The molecule has 2 amide bonds. The standard InChI is InChI=1S/C19H19N5O3/c20-10-17-21-8-5-16(23-17)19(6-1-2-7-19)24-18(25)22-11-13-3-4-14-15(9-13)27-12-26-14/h3-5,8-9H,1-2,6-7,11-12H2,(H2,22,24,25). The first-order chi connectivity index (χ1) is 13.2. The largest absolute Gasteiger partial charge is 0.454 e. The fourth-order valence-corrected chi connectivity index (χ4v) is 3.60. The van der Waals surface area contributed by atoms with Crippen molar-refractivity contribution in [3.63, 3.8) is 0 Å². The van der Waals surface area contributed by atoms with Crippen LogP contribution in [0.4, 0.5) is 4.79 Å². The molecule has 1 aliphatic heterocycles. The van der Waals surface area contributed by atoms with Crippen LogP contribution in [-0.2, 0) is 12.1 Å². The molecule has 1 saturated carbocycles. The van der Waals surface area contributed by atoms with Crippen LogP contribution >= 0.6 is 0 Å². The molecule has 8 heteroatoms. The zero-order valence-electron chi connectivity index (χ0n) is 14.7. The Morgan fingerprint density at radius 2 is 2.04 bits per heavy atom. The molecule has 1 fully saturated rings. The van der Waals surface area contributed by atoms with E-state index < -0.39 is 5.54 Å². The molecular weight excluding hydrogens is 346 g/mol. The van der Waals surface area contributed by atoms with E-state index in [-0.39, 0.29) is 18.6 Å². The molecule has 1 aromatic heterocycles. The number of ether oxygens (including phenoxy) is 2. The summed E-state index contributed by atoms with van der Waals surface area (Å²) in [4.78, 5) is 20.8. The molecule has 0 unspecified atom stereocenters. The third-order valence-electron chi connectivity index (χ3n) is 4.95. The highest BCUT2D eigenvalue weighted by atomic mass is 16.7. The maximum atomic E-state index is 12.6. The lowest BCUT2D eigenvalue weighted by molar-refractivity contribution is 0.174. The van der Waals surface area contributed by atoms with Gasteiger partial charge in [-0.3, -0.25) is 0 Å². The number of benzene rings is 1. The Bertz CT molecular complexity index is 902. The summed E-state index contributed by atoms with van der Waals surface area (Å²) in [5, 5.41) is 15.0. The van der Waals surface area contributed by atoms with Gasteiger partial charge in [0.25, 0.3) is 0 Å². The number of urea groups is 1. The van der Waals surface area contributed by atoms with Gasteiger partial charge in [0, 0.05) is 12.7 Å². The van der Waals surface area contributed by atoms with Crippen LogP contribution in [0, 0.1) is 11.3 Å². The highest BCUT2D eigenvalue weighted by molar-refractivity contribution is 5.75. The molecule has 4 rings (SSSR count). The quantitative estimate of drug-likeness (QED) is 0.861. The molecule has 0 bridgehead atoms. The van der Waals surface area contributed by atoms with E-state index in [1.54, 1.807) is 12.3 Å². The van der Waals surface area contributed by atoms with Gasteiger partial charge < -0.3 is 20.1 Å². The predicted octanol–water partition coefficient (Wildman–Crippen LogP) is 2.35. The van der Waals surface area contributed by atoms with Crippen molar-refractivity contribution in [3.05, 3.63) is 47.5 Å². The highest BCUT2D eigenvalue weighted by Crippen LogP contribution is 2.37. The van der Waals surface area contributed by atoms with Gasteiger partial charge in [-0.05, 0) is 36.6 Å². The SMILES string of the molecule is N#Cc1nccc(C2(NC(=O)NCc3ccc4c(c3)OCO4)CCCC2)n1. The van der Waals surface area contributed by atoms with Crippen LogP contribution in [0.15, 0.2) is 30.5 Å². The zero-order chi connectivity index (χ0) is 18.7. The summed E-state index contributed by atoms with van der Waals surface area (Å²) in [6.45, 7) is 0.588. The summed E-state index contributed by atoms with van der Waals surface area (Å²) < 4.78 is 10.7. The normalized spacial score (nSPS) is 16.6. The maximum absolute atomic E-state index is 12.6. The first-order valence-electron chi connectivity index (χ1n) is 8.87. The first-order valence-corrected chi connectivity index (χ1v) is 8.87. The van der Waals surface area contributed by atoms with E-state index in [2.05, 4.69) is 20.6 Å². The summed E-state index contributed by atoms with van der Waals surface area (Å²) >= 11 is 0. The van der Waals surface area contributed by atoms with Gasteiger partial charge >= 0.3 is 6.03 Å². The Balaban J connectivity index is 1.44. The number of rotatable bonds is 4. The predicted molar refractivity (Wildman–Crippen MR) is 94.8 cm³/mol. The molecule has 8 nitrogen and oxygen atoms in total. The van der Waals surface area contributed by atoms with Gasteiger partial charge in [-0.2, -0.15) is 5.26 Å². The summed E-state index contributed by atoms with van der Waals surface area (Å²) in [6, 6.07) is 9.04. The number of hydrogen-bond acceptors (Lipinski definition) is 6. The van der Waals surface area contributed by atoms with Gasteiger partial charge in [-0.15, -0.1) is 0 Å². The smallest absolute Gasteiger partial charge is 0.315 e. The Labute approximate surface area is 156 Å². The third-order valence-corrected chi connectivity index (χ3v) is 4.95. The van der Waals surface area contributed by atoms with Crippen molar-refractivity contribution in [1.82, 2.24) is 20.6 Å². The molecule has 0 spiro atoms. The summed E-state index contributed by atoms with van der Waals surface area (Å²) in [5.74, 6) is 1.51. The Morgan fingerprint density at radius 1 is 1.22 bits per heavy atom. The van der Waals surface area contributed by atoms with E-state index in [1.165, 1.54) is 0 Å². The zero-order valence-corrected chi connectivity index (χ0v) is 14.7. The minimum Gasteiger partial charge on any atom is -0.454 e. The van der Waals surface area contributed by atoms with E-state index in [9.17, 15) is 4.79 Å². The number of nitrogens with zero attached hydrogens (tertiary/aromatic N) is 3. The molecule has 1 aliphatic carbocycles. The summed E-state index contributed by atoms with van der Waals surface area (Å²) in [6.07, 6.45) is 5.12. The average molecular weight is 365 g/mol. The topological polar surface area (TPSA) is 109 Å². The minimum absolute atomic E-state index is 0.112. The van der Waals surface area contributed by atoms with Crippen molar-refractivity contribution >= 4 is 6.03 Å². The molecule has 1 aromatic carbocycles. The lowest BCUT2D eigenvalue weighted by Gasteiger charge is -2.29. The molecule has 2 aliphatic rings. The fraction of sp³-hybridized carbons (Fsp3) is 0.368. The van der Waals surface area contributed by atoms with Crippen molar-refractivity contribution in [2.45, 2.75) is 37.8 Å². The van der Waals surface area contributed by atoms with E-state index in [1.807, 2.05) is 24.3 Å². The van der Waals surface area contributed by atoms with E-state index in [4.69, 9.17) is 14.7 Å². The van der Waals surface area contributed by atoms with Crippen molar-refractivity contribution in [2.75, 3.05) is 6.79 Å². The summed E-state index contributed by atoms with van der Waals surface area (Å²) in [7, 11) is 0. The second-order valence-corrected chi connectivity index (χ2v) is 6.66. The molecule has 2 aromatic rings. The van der Waals surface area contributed by atoms with Crippen LogP contribution in [0.2, 0.25) is 0 Å². The number of amides is 2. The van der Waals surface area contributed by atoms with Gasteiger partial charge in [0.2, 0.25) is 12.6 Å². The molecular formula is C19H19N5O3. The minimum atomic E-state index is -0.562. The fourth-order valence-electron chi connectivity index (χ4n) is 3.60. The highest BCUT2D eigenvalue weighted by Gasteiger charge is 2.38. The number of nitrogens with one attached hydrogen (secondary N) is 2. The lowest BCUT2D eigenvalue weighted by Crippen LogP contribution is -2.48. The van der Waals surface area contributed by atoms with Gasteiger partial charge in [0.15, 0.2) is 11.5 Å². The maximum Gasteiger partial charge on any atom is 0.315 e. The number of aromatic nitrogens is 2. The number of hydrogen-bond donors (Lipinski definition) is 2. The molecule has 0 saturated heterocycles. The summed E-state index contributed by atoms with van der Waals surface area (Å²) in [5.41, 5.74) is 1.04. The second kappa shape index (κ2) is 7.11. The van der Waals surface area contributed by atoms with Crippen molar-refractivity contribution in [2.24, 2.45) is 0 Å². The van der Waals surface area contributed by atoms with Gasteiger partial charge in [-0.1, -0.05) is 18.9 Å². The molecule has 2 heterocycles. The van der Waals surface area contributed by atoms with Crippen LogP contribution in [0.5, 0.6) is 11.5 Å². The number of fused-ring (bicyclic) bond motifs is 1. The number of carbonyl (C=O) groups is 1. The Kier molecular flexibility index (Phi) is 4.50. The van der Waals surface area contributed by atoms with E-state index in [0.717, 1.165) is 31.2 Å². The molecule has 0 radical (unpaired) electrons. The number of carbonyl (C=O) groups excluding carboxylic acids is 1. The van der Waals surface area contributed by atoms with E-state index in [0.29, 0.717) is 23.7 Å². The van der Waals surface area contributed by atoms with Gasteiger partial charge in [-0.25, -0.2) is 14.8 Å². The molecule has 138 valence electrons. The molecule has 27 heavy (non-hydrogen) atoms. The first kappa shape index (κ1) is 17.1. The monoisotopic (exact) mass is 365 g/mol. The van der Waals surface area contributed by atoms with Crippen molar-refractivity contribution in [3.8, 4) is 17.6 Å². The lowest BCUT2D eigenvalue weighted by atomic mass is 9.93. The average Bonchev–Trinajstić information content (AvgIpc) is 3.36. The number of nitriles is 1. The van der Waals surface area contributed by atoms with Crippen LogP contribution < -0.4 is 20.1 Å². The van der Waals surface area contributed by atoms with Crippen molar-refractivity contribution in [1.29, 1.82) is 5.26 Å². The molecule has 2 N–H and O–H groups in total.